The van der Waals surface area contributed by atoms with E-state index in [9.17, 15) is 9.90 Å². The molecule has 2 N–H and O–H groups in total. The van der Waals surface area contributed by atoms with Gasteiger partial charge in [0.05, 0.1) is 6.21 Å². The summed E-state index contributed by atoms with van der Waals surface area (Å²) in [6.07, 6.45) is 0.321. The van der Waals surface area contributed by atoms with Crippen LogP contribution in [0.15, 0.2) is 59.7 Å². The summed E-state index contributed by atoms with van der Waals surface area (Å²) in [4.78, 5) is 11.7. The van der Waals surface area contributed by atoms with Crippen molar-refractivity contribution >= 4 is 34.7 Å². The van der Waals surface area contributed by atoms with Crippen LogP contribution < -0.4 is 5.43 Å². The Balaban J connectivity index is 1.95. The number of amides is 1. The molecule has 0 heterocycles. The molecule has 5 heteroatoms. The van der Waals surface area contributed by atoms with E-state index in [1.54, 1.807) is 24.3 Å². The fourth-order valence-electron chi connectivity index (χ4n) is 1.61. The molecule has 0 saturated heterocycles. The van der Waals surface area contributed by atoms with Crippen LogP contribution in [0.5, 0.6) is 0 Å². The summed E-state index contributed by atoms with van der Waals surface area (Å²) >= 11 is 2.20. The minimum absolute atomic E-state index is 0.537. The summed E-state index contributed by atoms with van der Waals surface area (Å²) in [5.74, 6) is -0.557. The molecule has 1 amide bonds. The normalized spacial score (nSPS) is 12.3. The average molecular weight is 380 g/mol. The molecule has 0 bridgehead atoms. The molecule has 0 radical (unpaired) electrons. The van der Waals surface area contributed by atoms with Crippen molar-refractivity contribution in [3.63, 3.8) is 0 Å². The van der Waals surface area contributed by atoms with Crippen molar-refractivity contribution in [3.8, 4) is 0 Å². The van der Waals surface area contributed by atoms with Crippen LogP contribution in [0.1, 0.15) is 17.2 Å². The summed E-state index contributed by atoms with van der Waals surface area (Å²) in [6, 6.07) is 16.4. The topological polar surface area (TPSA) is 61.7 Å². The quantitative estimate of drug-likeness (QED) is 0.487. The molecular weight excluding hydrogens is 367 g/mol. The van der Waals surface area contributed by atoms with Gasteiger partial charge in [0.1, 0.15) is 0 Å². The van der Waals surface area contributed by atoms with Crippen LogP contribution in [0.4, 0.5) is 0 Å². The van der Waals surface area contributed by atoms with E-state index in [0.717, 1.165) is 9.13 Å². The molecule has 0 aromatic heterocycles. The monoisotopic (exact) mass is 380 g/mol. The van der Waals surface area contributed by atoms with Crippen molar-refractivity contribution in [1.29, 1.82) is 0 Å². The van der Waals surface area contributed by atoms with Crippen LogP contribution in [0.2, 0.25) is 0 Å². The zero-order valence-corrected chi connectivity index (χ0v) is 12.7. The molecule has 102 valence electrons. The van der Waals surface area contributed by atoms with Crippen LogP contribution in [0, 0.1) is 3.57 Å². The highest BCUT2D eigenvalue weighted by Crippen LogP contribution is 2.11. The Kier molecular flexibility index (Phi) is 5.25. The number of rotatable bonds is 4. The van der Waals surface area contributed by atoms with Gasteiger partial charge in [0, 0.05) is 3.57 Å². The maximum absolute atomic E-state index is 11.7. The first-order chi connectivity index (χ1) is 9.66. The first-order valence-corrected chi connectivity index (χ1v) is 7.06. The molecule has 1 atom stereocenters. The molecule has 0 fully saturated rings. The summed E-state index contributed by atoms with van der Waals surface area (Å²) in [6.45, 7) is 0. The third kappa shape index (κ3) is 4.14. The number of hydrogen-bond donors (Lipinski definition) is 2. The lowest BCUT2D eigenvalue weighted by Crippen LogP contribution is -2.25. The van der Waals surface area contributed by atoms with Crippen molar-refractivity contribution in [3.05, 3.63) is 69.3 Å². The Hall–Kier alpha value is -1.73. The van der Waals surface area contributed by atoms with Crippen LogP contribution in [0.3, 0.4) is 0 Å². The van der Waals surface area contributed by atoms with E-state index in [1.807, 2.05) is 30.3 Å². The fourth-order valence-corrected chi connectivity index (χ4v) is 2.17. The van der Waals surface area contributed by atoms with Crippen LogP contribution in [-0.4, -0.2) is 17.2 Å². The first kappa shape index (κ1) is 14.7. The highest BCUT2D eigenvalue weighted by Gasteiger charge is 2.15. The van der Waals surface area contributed by atoms with Crippen molar-refractivity contribution in [2.24, 2.45) is 5.10 Å². The molecule has 0 aliphatic carbocycles. The molecule has 0 aliphatic heterocycles. The minimum atomic E-state index is -1.22. The molecule has 2 aromatic rings. The van der Waals surface area contributed by atoms with Crippen molar-refractivity contribution in [1.82, 2.24) is 5.43 Å². The van der Waals surface area contributed by atoms with E-state index in [0.29, 0.717) is 5.56 Å². The van der Waals surface area contributed by atoms with Gasteiger partial charge in [0.2, 0.25) is 0 Å². The smallest absolute Gasteiger partial charge is 0.273 e. The predicted octanol–water partition coefficient (Wildman–Crippen LogP) is 2.47. The van der Waals surface area contributed by atoms with Gasteiger partial charge in [-0.3, -0.25) is 4.79 Å². The summed E-state index contributed by atoms with van der Waals surface area (Å²) in [5, 5.41) is 13.7. The van der Waals surface area contributed by atoms with Gasteiger partial charge >= 0.3 is 0 Å². The number of hydrogen-bond acceptors (Lipinski definition) is 3. The van der Waals surface area contributed by atoms with Crippen molar-refractivity contribution < 1.29 is 9.90 Å². The molecule has 0 saturated carbocycles. The highest BCUT2D eigenvalue weighted by molar-refractivity contribution is 14.1. The number of carbonyl (C=O) groups is 1. The summed E-state index contributed by atoms with van der Waals surface area (Å²) in [7, 11) is 0. The predicted molar refractivity (Wildman–Crippen MR) is 86.3 cm³/mol. The lowest BCUT2D eigenvalue weighted by Gasteiger charge is -2.08. The zero-order chi connectivity index (χ0) is 14.4. The number of benzene rings is 2. The maximum Gasteiger partial charge on any atom is 0.273 e. The fraction of sp³-hybridized carbons (Fsp3) is 0.0667. The van der Waals surface area contributed by atoms with Gasteiger partial charge in [-0.05, 0) is 45.9 Å². The van der Waals surface area contributed by atoms with Gasteiger partial charge in [0.25, 0.3) is 5.91 Å². The second-order valence-electron chi connectivity index (χ2n) is 4.10. The average Bonchev–Trinajstić information content (AvgIpc) is 2.47. The molecule has 0 unspecified atom stereocenters. The van der Waals surface area contributed by atoms with E-state index in [-0.39, 0.29) is 0 Å². The first-order valence-electron chi connectivity index (χ1n) is 5.98. The Morgan fingerprint density at radius 1 is 1.20 bits per heavy atom. The highest BCUT2D eigenvalue weighted by atomic mass is 127. The number of aliphatic hydroxyl groups is 1. The van der Waals surface area contributed by atoms with Gasteiger partial charge in [-0.2, -0.15) is 5.10 Å². The lowest BCUT2D eigenvalue weighted by molar-refractivity contribution is -0.129. The Labute approximate surface area is 130 Å². The third-order valence-electron chi connectivity index (χ3n) is 2.60. The molecule has 0 spiro atoms. The number of halogens is 1. The second-order valence-corrected chi connectivity index (χ2v) is 5.35. The minimum Gasteiger partial charge on any atom is -0.378 e. The Morgan fingerprint density at radius 3 is 2.65 bits per heavy atom. The SMILES string of the molecule is O=C(N/N=C\c1cccc(I)c1)[C@@H](O)c1ccccc1. The standard InChI is InChI=1S/C15H13IN2O2/c16-13-8-4-5-11(9-13)10-17-18-15(20)14(19)12-6-2-1-3-7-12/h1-10,14,19H,(H,18,20)/b17-10-/t14-/m0/s1. The lowest BCUT2D eigenvalue weighted by atomic mass is 10.1. The van der Waals surface area contributed by atoms with Crippen LogP contribution in [-0.2, 0) is 4.79 Å². The van der Waals surface area contributed by atoms with Gasteiger partial charge in [0.15, 0.2) is 6.10 Å². The van der Waals surface area contributed by atoms with E-state index in [4.69, 9.17) is 0 Å². The Morgan fingerprint density at radius 2 is 1.95 bits per heavy atom. The Bertz CT molecular complexity index is 614. The molecule has 2 rings (SSSR count). The zero-order valence-electron chi connectivity index (χ0n) is 10.5. The van der Waals surface area contributed by atoms with Crippen molar-refractivity contribution in [2.75, 3.05) is 0 Å². The number of nitrogens with one attached hydrogen (secondary N) is 1. The van der Waals surface area contributed by atoms with E-state index in [2.05, 4.69) is 33.1 Å². The van der Waals surface area contributed by atoms with Crippen molar-refractivity contribution in [2.45, 2.75) is 6.10 Å². The largest absolute Gasteiger partial charge is 0.378 e. The number of aliphatic hydroxyl groups excluding tert-OH is 1. The van der Waals surface area contributed by atoms with Crippen LogP contribution >= 0.6 is 22.6 Å². The number of hydrazone groups is 1. The number of carbonyl (C=O) groups excluding carboxylic acids is 1. The summed E-state index contributed by atoms with van der Waals surface area (Å²) in [5.41, 5.74) is 3.74. The second kappa shape index (κ2) is 7.16. The molecule has 2 aromatic carbocycles. The van der Waals surface area contributed by atoms with Gasteiger partial charge in [-0.15, -0.1) is 0 Å². The number of nitrogens with zero attached hydrogens (tertiary/aromatic N) is 1. The molecule has 4 nitrogen and oxygen atoms in total. The van der Waals surface area contributed by atoms with E-state index >= 15 is 0 Å². The third-order valence-corrected chi connectivity index (χ3v) is 3.27. The van der Waals surface area contributed by atoms with E-state index < -0.39 is 12.0 Å². The van der Waals surface area contributed by atoms with Gasteiger partial charge in [-0.1, -0.05) is 42.5 Å². The molecule has 20 heavy (non-hydrogen) atoms. The van der Waals surface area contributed by atoms with E-state index in [1.165, 1.54) is 6.21 Å². The molecule has 0 aliphatic rings. The van der Waals surface area contributed by atoms with Gasteiger partial charge < -0.3 is 5.11 Å². The maximum atomic E-state index is 11.7. The molecular formula is C15H13IN2O2. The van der Waals surface area contributed by atoms with Gasteiger partial charge in [-0.25, -0.2) is 5.43 Å². The van der Waals surface area contributed by atoms with Crippen LogP contribution in [0.25, 0.3) is 0 Å². The summed E-state index contributed by atoms with van der Waals surface area (Å²) < 4.78 is 1.09.